The second kappa shape index (κ2) is 4.35. The second-order valence-electron chi connectivity index (χ2n) is 4.33. The summed E-state index contributed by atoms with van der Waals surface area (Å²) < 4.78 is 30.5. The number of nitrogens with zero attached hydrogens (tertiary/aromatic N) is 1. The van der Waals surface area contributed by atoms with Crippen molar-refractivity contribution in [3.8, 4) is 5.75 Å². The Labute approximate surface area is 119 Å². The van der Waals surface area contributed by atoms with Gasteiger partial charge in [0.2, 0.25) is 11.3 Å². The van der Waals surface area contributed by atoms with Gasteiger partial charge in [-0.3, -0.25) is 10.1 Å². The number of sulfonamides is 1. The third-order valence-corrected chi connectivity index (χ3v) is 5.54. The van der Waals surface area contributed by atoms with Gasteiger partial charge < -0.3 is 4.74 Å². The second-order valence-corrected chi connectivity index (χ2v) is 6.74. The Morgan fingerprint density at radius 3 is 2.60 bits per heavy atom. The van der Waals surface area contributed by atoms with E-state index in [1.165, 1.54) is 0 Å². The van der Waals surface area contributed by atoms with Gasteiger partial charge in [-0.25, -0.2) is 17.5 Å². The highest BCUT2D eigenvalue weighted by atomic mass is 35.5. The summed E-state index contributed by atoms with van der Waals surface area (Å²) in [4.78, 5) is 22.6. The van der Waals surface area contributed by atoms with Gasteiger partial charge >= 0.3 is 6.03 Å². The molecule has 1 fully saturated rings. The molecule has 0 bridgehead atoms. The van der Waals surface area contributed by atoms with Crippen molar-refractivity contribution < 1.29 is 22.7 Å². The Morgan fingerprint density at radius 2 is 2.00 bits per heavy atom. The molecule has 9 heteroatoms. The molecule has 106 valence electrons. The lowest BCUT2D eigenvalue weighted by atomic mass is 10.2. The molecule has 2 aliphatic heterocycles. The Hall–Kier alpha value is -1.80. The highest BCUT2D eigenvalue weighted by Gasteiger charge is 2.49. The van der Waals surface area contributed by atoms with E-state index in [2.05, 4.69) is 0 Å². The summed E-state index contributed by atoms with van der Waals surface area (Å²) in [7, 11) is -4.19. The minimum atomic E-state index is -4.19. The molecule has 1 N–H and O–H groups in total. The van der Waals surface area contributed by atoms with Crippen molar-refractivity contribution in [2.45, 2.75) is 10.8 Å². The number of benzene rings is 1. The first-order chi connectivity index (χ1) is 9.41. The molecule has 3 rings (SSSR count). The molecule has 0 aliphatic carbocycles. The van der Waals surface area contributed by atoms with Crippen LogP contribution in [-0.4, -0.2) is 36.6 Å². The molecule has 0 spiro atoms. The number of halogens is 1. The maximum Gasteiger partial charge on any atom is 0.338 e. The van der Waals surface area contributed by atoms with Crippen LogP contribution in [0, 0.1) is 0 Å². The minimum Gasteiger partial charge on any atom is -0.470 e. The van der Waals surface area contributed by atoms with E-state index in [0.29, 0.717) is 15.6 Å². The molecule has 2 aliphatic rings. The zero-order valence-electron chi connectivity index (χ0n) is 9.95. The summed E-state index contributed by atoms with van der Waals surface area (Å²) in [5.41, 5.74) is -0.896. The standard InChI is InChI=1S/C11H9ClN2O5S/c12-9-6-3-1-2-4-7(6)19-10(9)20(17,18)14-5-8(15)13-11(14)16/h1-4,9-10H,5H2,(H,13,15,16). The number of nitrogens with one attached hydrogen (secondary N) is 1. The fourth-order valence-electron chi connectivity index (χ4n) is 2.11. The number of alkyl halides is 1. The number of carbonyl (C=O) groups excluding carboxylic acids is 2. The summed E-state index contributed by atoms with van der Waals surface area (Å²) in [6.45, 7) is -0.555. The molecule has 2 atom stereocenters. The first kappa shape index (κ1) is 13.2. The van der Waals surface area contributed by atoms with Gasteiger partial charge in [-0.2, -0.15) is 0 Å². The highest BCUT2D eigenvalue weighted by molar-refractivity contribution is 7.90. The maximum absolute atomic E-state index is 12.4. The molecule has 20 heavy (non-hydrogen) atoms. The molecule has 0 saturated carbocycles. The molecular weight excluding hydrogens is 308 g/mol. The highest BCUT2D eigenvalue weighted by Crippen LogP contribution is 2.43. The lowest BCUT2D eigenvalue weighted by Gasteiger charge is -2.20. The number of fused-ring (bicyclic) bond motifs is 1. The van der Waals surface area contributed by atoms with Crippen LogP contribution in [0.5, 0.6) is 5.75 Å². The van der Waals surface area contributed by atoms with Crippen molar-refractivity contribution in [2.75, 3.05) is 6.54 Å². The first-order valence-corrected chi connectivity index (χ1v) is 7.60. The number of carbonyl (C=O) groups is 2. The van der Waals surface area contributed by atoms with Crippen LogP contribution in [-0.2, 0) is 14.8 Å². The molecule has 1 saturated heterocycles. The van der Waals surface area contributed by atoms with Crippen molar-refractivity contribution in [1.29, 1.82) is 0 Å². The molecule has 2 unspecified atom stereocenters. The van der Waals surface area contributed by atoms with Crippen LogP contribution in [0.15, 0.2) is 24.3 Å². The van der Waals surface area contributed by atoms with Crippen LogP contribution in [0.1, 0.15) is 10.9 Å². The number of rotatable bonds is 2. The first-order valence-electron chi connectivity index (χ1n) is 5.66. The van der Waals surface area contributed by atoms with Gasteiger partial charge in [0.25, 0.3) is 10.0 Å². The molecule has 2 heterocycles. The monoisotopic (exact) mass is 316 g/mol. The van der Waals surface area contributed by atoms with Crippen LogP contribution in [0.4, 0.5) is 4.79 Å². The van der Waals surface area contributed by atoms with E-state index in [-0.39, 0.29) is 0 Å². The predicted octanol–water partition coefficient (Wildman–Crippen LogP) is 0.567. The van der Waals surface area contributed by atoms with Gasteiger partial charge in [0.15, 0.2) is 0 Å². The number of para-hydroxylation sites is 1. The normalized spacial score (nSPS) is 25.4. The largest absolute Gasteiger partial charge is 0.470 e. The third kappa shape index (κ3) is 1.83. The molecule has 0 aromatic heterocycles. The summed E-state index contributed by atoms with van der Waals surface area (Å²) in [6, 6.07) is 5.65. The quantitative estimate of drug-likeness (QED) is 0.636. The SMILES string of the molecule is O=C1CN(S(=O)(=O)C2Oc3ccccc3C2Cl)C(=O)N1. The lowest BCUT2D eigenvalue weighted by Crippen LogP contribution is -2.43. The lowest BCUT2D eigenvalue weighted by molar-refractivity contribution is -0.118. The zero-order chi connectivity index (χ0) is 14.5. The van der Waals surface area contributed by atoms with Crippen molar-refractivity contribution in [3.05, 3.63) is 29.8 Å². The number of amides is 3. The molecule has 1 aromatic rings. The van der Waals surface area contributed by atoms with Crippen LogP contribution >= 0.6 is 11.6 Å². The van der Waals surface area contributed by atoms with Gasteiger partial charge in [-0.1, -0.05) is 18.2 Å². The van der Waals surface area contributed by atoms with E-state index in [1.807, 2.05) is 5.32 Å². The fraction of sp³-hybridized carbons (Fsp3) is 0.273. The topological polar surface area (TPSA) is 92.8 Å². The molecule has 3 amide bonds. The van der Waals surface area contributed by atoms with E-state index < -0.39 is 39.3 Å². The number of imide groups is 1. The predicted molar refractivity (Wildman–Crippen MR) is 68.6 cm³/mol. The van der Waals surface area contributed by atoms with E-state index in [1.54, 1.807) is 24.3 Å². The van der Waals surface area contributed by atoms with Crippen molar-refractivity contribution in [2.24, 2.45) is 0 Å². The molecule has 0 radical (unpaired) electrons. The molecular formula is C11H9ClN2O5S. The van der Waals surface area contributed by atoms with Crippen LogP contribution in [0.25, 0.3) is 0 Å². The van der Waals surface area contributed by atoms with Crippen LogP contribution < -0.4 is 10.1 Å². The Kier molecular flexibility index (Phi) is 2.87. The van der Waals surface area contributed by atoms with E-state index >= 15 is 0 Å². The van der Waals surface area contributed by atoms with Crippen LogP contribution in [0.2, 0.25) is 0 Å². The number of hydrogen-bond donors (Lipinski definition) is 1. The van der Waals surface area contributed by atoms with E-state index in [4.69, 9.17) is 16.3 Å². The Balaban J connectivity index is 1.95. The van der Waals surface area contributed by atoms with Crippen molar-refractivity contribution in [1.82, 2.24) is 9.62 Å². The summed E-state index contributed by atoms with van der Waals surface area (Å²) in [5, 5.41) is 0.958. The summed E-state index contributed by atoms with van der Waals surface area (Å²) >= 11 is 6.11. The van der Waals surface area contributed by atoms with Gasteiger partial charge in [0.05, 0.1) is 0 Å². The Bertz CT molecular complexity index is 705. The van der Waals surface area contributed by atoms with Gasteiger partial charge in [0.1, 0.15) is 17.7 Å². The van der Waals surface area contributed by atoms with Gasteiger partial charge in [0, 0.05) is 5.56 Å². The van der Waals surface area contributed by atoms with Gasteiger partial charge in [-0.15, -0.1) is 11.6 Å². The summed E-state index contributed by atoms with van der Waals surface area (Å²) in [6.07, 6.45) is 0. The molecule has 7 nitrogen and oxygen atoms in total. The van der Waals surface area contributed by atoms with Crippen molar-refractivity contribution >= 4 is 33.6 Å². The van der Waals surface area contributed by atoms with E-state index in [9.17, 15) is 18.0 Å². The Morgan fingerprint density at radius 1 is 1.30 bits per heavy atom. The average Bonchev–Trinajstić information content (AvgIpc) is 2.91. The third-order valence-electron chi connectivity index (χ3n) is 3.06. The number of urea groups is 1. The maximum atomic E-state index is 12.4. The number of hydrogen-bond acceptors (Lipinski definition) is 5. The number of ether oxygens (including phenoxy) is 1. The zero-order valence-corrected chi connectivity index (χ0v) is 11.5. The minimum absolute atomic E-state index is 0.354. The summed E-state index contributed by atoms with van der Waals surface area (Å²) in [5.74, 6) is -0.327. The average molecular weight is 317 g/mol. The smallest absolute Gasteiger partial charge is 0.338 e. The van der Waals surface area contributed by atoms with Crippen LogP contribution in [0.3, 0.4) is 0 Å². The van der Waals surface area contributed by atoms with Gasteiger partial charge in [-0.05, 0) is 6.07 Å². The fourth-order valence-corrected chi connectivity index (χ4v) is 4.23. The molecule has 1 aromatic carbocycles. The van der Waals surface area contributed by atoms with Crippen molar-refractivity contribution in [3.63, 3.8) is 0 Å². The van der Waals surface area contributed by atoms with E-state index in [0.717, 1.165) is 0 Å².